The maximum Gasteiger partial charge on any atom is 0.288 e. The summed E-state index contributed by atoms with van der Waals surface area (Å²) in [4.78, 5) is 12.5. The number of halogens is 2. The zero-order valence-corrected chi connectivity index (χ0v) is 12.1. The van der Waals surface area contributed by atoms with Crippen LogP contribution in [0, 0.1) is 6.92 Å². The molecule has 0 aliphatic heterocycles. The van der Waals surface area contributed by atoms with Crippen molar-refractivity contribution in [2.24, 2.45) is 0 Å². The van der Waals surface area contributed by atoms with Gasteiger partial charge in [0.1, 0.15) is 0 Å². The molecule has 2 aromatic rings. The summed E-state index contributed by atoms with van der Waals surface area (Å²) in [7, 11) is 0. The van der Waals surface area contributed by atoms with Crippen LogP contribution in [0.3, 0.4) is 0 Å². The molecule has 2 aromatic carbocycles. The van der Waals surface area contributed by atoms with Gasteiger partial charge >= 0.3 is 0 Å². The number of carbonyl (C=O) groups excluding carboxylic acids is 1. The number of nitrogen functional groups attached to an aromatic ring is 1. The van der Waals surface area contributed by atoms with Gasteiger partial charge in [-0.25, -0.2) is 0 Å². The van der Waals surface area contributed by atoms with Crippen molar-refractivity contribution in [3.63, 3.8) is 0 Å². The van der Waals surface area contributed by atoms with Crippen molar-refractivity contribution >= 4 is 29.0 Å². The standard InChI is InChI=1S/C15H14F2N2OS/c1-9-5-4-6-10(13(9)18)14(20)19-11-7-2-3-8-12(11)21-15(16)17/h2-8,15H,18H2,1H3,(H,19,20). The predicted octanol–water partition coefficient (Wildman–Crippen LogP) is 4.14. The molecule has 0 radical (unpaired) electrons. The molecule has 110 valence electrons. The molecule has 0 aliphatic rings. The van der Waals surface area contributed by atoms with Gasteiger partial charge in [0, 0.05) is 10.6 Å². The first-order chi connectivity index (χ1) is 9.99. The number of anilines is 2. The minimum atomic E-state index is -2.55. The first-order valence-electron chi connectivity index (χ1n) is 6.19. The molecule has 0 unspecified atom stereocenters. The fourth-order valence-corrected chi connectivity index (χ4v) is 2.43. The predicted molar refractivity (Wildman–Crippen MR) is 81.8 cm³/mol. The van der Waals surface area contributed by atoms with E-state index in [2.05, 4.69) is 5.32 Å². The van der Waals surface area contributed by atoms with Crippen LogP contribution in [-0.4, -0.2) is 11.7 Å². The van der Waals surface area contributed by atoms with Crippen LogP contribution in [0.4, 0.5) is 20.2 Å². The van der Waals surface area contributed by atoms with Crippen LogP contribution in [0.5, 0.6) is 0 Å². The maximum absolute atomic E-state index is 12.5. The summed E-state index contributed by atoms with van der Waals surface area (Å²) < 4.78 is 25.0. The zero-order valence-electron chi connectivity index (χ0n) is 11.3. The molecule has 3 nitrogen and oxygen atoms in total. The third-order valence-corrected chi connectivity index (χ3v) is 3.71. The molecule has 1 amide bonds. The topological polar surface area (TPSA) is 55.1 Å². The second kappa shape index (κ2) is 6.58. The molecule has 0 atom stereocenters. The Kier molecular flexibility index (Phi) is 4.80. The second-order valence-corrected chi connectivity index (χ2v) is 5.40. The van der Waals surface area contributed by atoms with Gasteiger partial charge in [-0.1, -0.05) is 36.0 Å². The molecule has 0 heterocycles. The summed E-state index contributed by atoms with van der Waals surface area (Å²) >= 11 is 0.390. The number of rotatable bonds is 4. The molecule has 0 saturated carbocycles. The molecule has 0 aliphatic carbocycles. The third-order valence-electron chi connectivity index (χ3n) is 2.92. The minimum Gasteiger partial charge on any atom is -0.398 e. The van der Waals surface area contributed by atoms with Crippen LogP contribution in [0.25, 0.3) is 0 Å². The largest absolute Gasteiger partial charge is 0.398 e. The number of thioether (sulfide) groups is 1. The number of hydrogen-bond acceptors (Lipinski definition) is 3. The summed E-state index contributed by atoms with van der Waals surface area (Å²) in [6.07, 6.45) is 0. The van der Waals surface area contributed by atoms with Gasteiger partial charge < -0.3 is 11.1 Å². The van der Waals surface area contributed by atoms with Crippen molar-refractivity contribution in [2.45, 2.75) is 17.6 Å². The van der Waals surface area contributed by atoms with Crippen LogP contribution >= 0.6 is 11.8 Å². The Morgan fingerprint density at radius 2 is 1.90 bits per heavy atom. The summed E-state index contributed by atoms with van der Waals surface area (Å²) in [5.74, 6) is -2.97. The van der Waals surface area contributed by atoms with Crippen LogP contribution in [-0.2, 0) is 0 Å². The molecule has 2 rings (SSSR count). The summed E-state index contributed by atoms with van der Waals surface area (Å²) in [5, 5.41) is 2.63. The number of nitrogens with two attached hydrogens (primary N) is 1. The van der Waals surface area contributed by atoms with Gasteiger partial charge in [0.15, 0.2) is 0 Å². The quantitative estimate of drug-likeness (QED) is 0.659. The van der Waals surface area contributed by atoms with Crippen LogP contribution in [0.15, 0.2) is 47.4 Å². The van der Waals surface area contributed by atoms with Crippen molar-refractivity contribution in [2.75, 3.05) is 11.1 Å². The van der Waals surface area contributed by atoms with Gasteiger partial charge in [-0.05, 0) is 30.7 Å². The highest BCUT2D eigenvalue weighted by atomic mass is 32.2. The van der Waals surface area contributed by atoms with Crippen molar-refractivity contribution in [1.82, 2.24) is 0 Å². The SMILES string of the molecule is Cc1cccc(C(=O)Nc2ccccc2SC(F)F)c1N. The average Bonchev–Trinajstić information content (AvgIpc) is 2.43. The lowest BCUT2D eigenvalue weighted by Gasteiger charge is -2.12. The van der Waals surface area contributed by atoms with Crippen molar-refractivity contribution in [3.8, 4) is 0 Å². The fourth-order valence-electron chi connectivity index (χ4n) is 1.84. The molecule has 3 N–H and O–H groups in total. The number of para-hydroxylation sites is 2. The van der Waals surface area contributed by atoms with E-state index in [1.54, 1.807) is 43.3 Å². The van der Waals surface area contributed by atoms with E-state index in [9.17, 15) is 13.6 Å². The second-order valence-electron chi connectivity index (χ2n) is 4.36. The lowest BCUT2D eigenvalue weighted by Crippen LogP contribution is -2.15. The highest BCUT2D eigenvalue weighted by Crippen LogP contribution is 2.32. The van der Waals surface area contributed by atoms with E-state index < -0.39 is 11.7 Å². The molecule has 6 heteroatoms. The smallest absolute Gasteiger partial charge is 0.288 e. The van der Waals surface area contributed by atoms with E-state index in [4.69, 9.17) is 5.73 Å². The summed E-state index contributed by atoms with van der Waals surface area (Å²) in [6.45, 7) is 1.80. The van der Waals surface area contributed by atoms with Gasteiger partial charge in [0.25, 0.3) is 11.7 Å². The number of alkyl halides is 2. The minimum absolute atomic E-state index is 0.312. The van der Waals surface area contributed by atoms with E-state index in [0.717, 1.165) is 5.56 Å². The Morgan fingerprint density at radius 3 is 2.62 bits per heavy atom. The molecule has 0 spiro atoms. The highest BCUT2D eigenvalue weighted by molar-refractivity contribution is 7.99. The van der Waals surface area contributed by atoms with Gasteiger partial charge in [0.2, 0.25) is 0 Å². The number of carbonyl (C=O) groups is 1. The maximum atomic E-state index is 12.5. The number of hydrogen-bond donors (Lipinski definition) is 2. The van der Waals surface area contributed by atoms with Crippen molar-refractivity contribution < 1.29 is 13.6 Å². The van der Waals surface area contributed by atoms with Crippen LogP contribution in [0.1, 0.15) is 15.9 Å². The summed E-state index contributed by atoms with van der Waals surface area (Å²) in [5.41, 5.74) is 7.71. The Bertz CT molecular complexity index is 662. The normalized spacial score (nSPS) is 10.7. The molecule has 0 bridgehead atoms. The van der Waals surface area contributed by atoms with E-state index in [1.165, 1.54) is 6.07 Å². The molecule has 0 fully saturated rings. The average molecular weight is 308 g/mol. The highest BCUT2D eigenvalue weighted by Gasteiger charge is 2.15. The van der Waals surface area contributed by atoms with Crippen molar-refractivity contribution in [3.05, 3.63) is 53.6 Å². The van der Waals surface area contributed by atoms with Crippen LogP contribution < -0.4 is 11.1 Å². The van der Waals surface area contributed by atoms with E-state index in [1.807, 2.05) is 0 Å². The Labute approximate surface area is 125 Å². The molecule has 0 aromatic heterocycles. The van der Waals surface area contributed by atoms with Gasteiger partial charge in [-0.15, -0.1) is 0 Å². The number of amides is 1. The van der Waals surface area contributed by atoms with E-state index in [0.29, 0.717) is 33.6 Å². The van der Waals surface area contributed by atoms with Gasteiger partial charge in [0.05, 0.1) is 11.3 Å². The Balaban J connectivity index is 2.26. The number of benzene rings is 2. The van der Waals surface area contributed by atoms with Crippen LogP contribution in [0.2, 0.25) is 0 Å². The monoisotopic (exact) mass is 308 g/mol. The lowest BCUT2D eigenvalue weighted by molar-refractivity contribution is 0.102. The van der Waals surface area contributed by atoms with Crippen molar-refractivity contribution in [1.29, 1.82) is 0 Å². The van der Waals surface area contributed by atoms with E-state index in [-0.39, 0.29) is 0 Å². The van der Waals surface area contributed by atoms with E-state index >= 15 is 0 Å². The molecule has 0 saturated heterocycles. The first-order valence-corrected chi connectivity index (χ1v) is 7.07. The third kappa shape index (κ3) is 3.72. The Morgan fingerprint density at radius 1 is 1.19 bits per heavy atom. The fraction of sp³-hybridized carbons (Fsp3) is 0.133. The lowest BCUT2D eigenvalue weighted by atomic mass is 10.1. The molecule has 21 heavy (non-hydrogen) atoms. The molecular formula is C15H14F2N2OS. The number of aryl methyl sites for hydroxylation is 1. The zero-order chi connectivity index (χ0) is 15.4. The van der Waals surface area contributed by atoms with Gasteiger partial charge in [-0.2, -0.15) is 8.78 Å². The summed E-state index contributed by atoms with van der Waals surface area (Å²) in [6, 6.07) is 11.5. The van der Waals surface area contributed by atoms with Gasteiger partial charge in [-0.3, -0.25) is 4.79 Å². The molecular weight excluding hydrogens is 294 g/mol. The number of nitrogens with one attached hydrogen (secondary N) is 1. The first kappa shape index (κ1) is 15.3. The Hall–Kier alpha value is -2.08.